The Morgan fingerprint density at radius 2 is 2.00 bits per heavy atom. The average Bonchev–Trinajstić information content (AvgIpc) is 3.32. The second-order valence-electron chi connectivity index (χ2n) is 8.91. The molecule has 0 spiro atoms. The minimum Gasteiger partial charge on any atom is -0.384 e. The predicted octanol–water partition coefficient (Wildman–Crippen LogP) is 2.99. The van der Waals surface area contributed by atoms with Gasteiger partial charge in [0.25, 0.3) is 0 Å². The number of aliphatic hydroxyl groups is 1. The molecule has 9 heteroatoms. The molecule has 0 radical (unpaired) electrons. The third-order valence-electron chi connectivity index (χ3n) is 6.52. The minimum absolute atomic E-state index is 0.0164. The van der Waals surface area contributed by atoms with Crippen molar-refractivity contribution in [1.29, 1.82) is 5.26 Å². The summed E-state index contributed by atoms with van der Waals surface area (Å²) in [7, 11) is 0. The van der Waals surface area contributed by atoms with Gasteiger partial charge in [0, 0.05) is 37.5 Å². The Hall–Kier alpha value is -3.71. The SMILES string of the molecule is N#CCC1(N/C=C(\C(N)=Nc2ccc(F)cc2)C(N)O)CCN(Cc2cccc3cc[nH]c23)CC1. The summed E-state index contributed by atoms with van der Waals surface area (Å²) in [5.74, 6) is -0.365. The minimum atomic E-state index is -1.37. The highest BCUT2D eigenvalue weighted by Gasteiger charge is 2.34. The van der Waals surface area contributed by atoms with Crippen LogP contribution in [0, 0.1) is 17.1 Å². The number of H-pyrrole nitrogens is 1. The van der Waals surface area contributed by atoms with Gasteiger partial charge in [-0.1, -0.05) is 18.2 Å². The van der Waals surface area contributed by atoms with Crippen molar-refractivity contribution in [2.75, 3.05) is 13.1 Å². The number of para-hydroxylation sites is 1. The number of nitrogens with two attached hydrogens (primary N) is 2. The molecule has 0 aliphatic carbocycles. The molecule has 1 saturated heterocycles. The van der Waals surface area contributed by atoms with Crippen LogP contribution in [-0.4, -0.2) is 45.7 Å². The Bertz CT molecular complexity index is 1250. The maximum atomic E-state index is 13.2. The molecule has 1 fully saturated rings. The first-order chi connectivity index (χ1) is 16.9. The van der Waals surface area contributed by atoms with Crippen LogP contribution in [0.15, 0.2) is 71.5 Å². The highest BCUT2D eigenvalue weighted by Crippen LogP contribution is 2.28. The van der Waals surface area contributed by atoms with Gasteiger partial charge in [0.05, 0.1) is 29.3 Å². The number of aromatic nitrogens is 1. The Morgan fingerprint density at radius 1 is 1.26 bits per heavy atom. The van der Waals surface area contributed by atoms with E-state index in [0.717, 1.165) is 38.0 Å². The van der Waals surface area contributed by atoms with E-state index >= 15 is 0 Å². The summed E-state index contributed by atoms with van der Waals surface area (Å²) in [5.41, 5.74) is 14.4. The van der Waals surface area contributed by atoms with Crippen molar-refractivity contribution in [2.45, 2.75) is 37.6 Å². The zero-order valence-electron chi connectivity index (χ0n) is 19.4. The Kier molecular flexibility index (Phi) is 7.46. The molecule has 0 bridgehead atoms. The Labute approximate surface area is 203 Å². The number of fused-ring (bicyclic) bond motifs is 1. The van der Waals surface area contributed by atoms with E-state index in [0.29, 0.717) is 12.1 Å². The van der Waals surface area contributed by atoms with Gasteiger partial charge >= 0.3 is 0 Å². The van der Waals surface area contributed by atoms with Gasteiger partial charge in [-0.25, -0.2) is 9.38 Å². The maximum Gasteiger partial charge on any atom is 0.133 e. The van der Waals surface area contributed by atoms with Gasteiger partial charge in [-0.2, -0.15) is 5.26 Å². The number of aliphatic imine (C=N–C) groups is 1. The summed E-state index contributed by atoms with van der Waals surface area (Å²) in [5, 5.41) is 24.1. The van der Waals surface area contributed by atoms with E-state index in [1.54, 1.807) is 6.20 Å². The van der Waals surface area contributed by atoms with Crippen LogP contribution in [0.25, 0.3) is 10.9 Å². The van der Waals surface area contributed by atoms with Crippen LogP contribution in [0.5, 0.6) is 0 Å². The first kappa shape index (κ1) is 24.4. The van der Waals surface area contributed by atoms with Crippen LogP contribution in [0.2, 0.25) is 0 Å². The maximum absolute atomic E-state index is 13.2. The molecule has 4 rings (SSSR count). The number of amidine groups is 1. The van der Waals surface area contributed by atoms with Crippen LogP contribution in [-0.2, 0) is 6.54 Å². The molecule has 2 heterocycles. The molecule has 7 N–H and O–H groups in total. The van der Waals surface area contributed by atoms with Crippen molar-refractivity contribution in [2.24, 2.45) is 16.5 Å². The summed E-state index contributed by atoms with van der Waals surface area (Å²) in [6, 6.07) is 16.2. The van der Waals surface area contributed by atoms with Gasteiger partial charge in [-0.05, 0) is 54.1 Å². The van der Waals surface area contributed by atoms with Gasteiger partial charge in [-0.15, -0.1) is 0 Å². The van der Waals surface area contributed by atoms with Crippen molar-refractivity contribution in [3.8, 4) is 6.07 Å². The van der Waals surface area contributed by atoms with E-state index in [9.17, 15) is 14.8 Å². The lowest BCUT2D eigenvalue weighted by atomic mass is 9.84. The predicted molar refractivity (Wildman–Crippen MR) is 135 cm³/mol. The van der Waals surface area contributed by atoms with Crippen molar-refractivity contribution < 1.29 is 9.50 Å². The van der Waals surface area contributed by atoms with Crippen molar-refractivity contribution in [3.63, 3.8) is 0 Å². The molecule has 1 unspecified atom stereocenters. The van der Waals surface area contributed by atoms with E-state index in [4.69, 9.17) is 11.5 Å². The van der Waals surface area contributed by atoms with Crippen LogP contribution in [0.4, 0.5) is 10.1 Å². The number of nitrogens with one attached hydrogen (secondary N) is 2. The van der Waals surface area contributed by atoms with E-state index in [-0.39, 0.29) is 17.2 Å². The lowest BCUT2D eigenvalue weighted by Gasteiger charge is -2.41. The lowest BCUT2D eigenvalue weighted by Crippen LogP contribution is -2.51. The van der Waals surface area contributed by atoms with E-state index < -0.39 is 11.8 Å². The molecule has 1 atom stereocenters. The van der Waals surface area contributed by atoms with Crippen LogP contribution in [0.1, 0.15) is 24.8 Å². The summed E-state index contributed by atoms with van der Waals surface area (Å²) in [6.45, 7) is 2.43. The molecule has 3 aromatic rings. The van der Waals surface area contributed by atoms with Crippen molar-refractivity contribution in [1.82, 2.24) is 15.2 Å². The van der Waals surface area contributed by atoms with Gasteiger partial charge in [-0.3, -0.25) is 4.90 Å². The van der Waals surface area contributed by atoms with E-state index in [1.807, 2.05) is 6.20 Å². The van der Waals surface area contributed by atoms with Crippen LogP contribution < -0.4 is 16.8 Å². The van der Waals surface area contributed by atoms with E-state index in [2.05, 4.69) is 50.5 Å². The largest absolute Gasteiger partial charge is 0.384 e. The highest BCUT2D eigenvalue weighted by molar-refractivity contribution is 5.99. The number of rotatable bonds is 8. The molecular weight excluding hydrogens is 445 g/mol. The van der Waals surface area contributed by atoms with Crippen LogP contribution >= 0.6 is 0 Å². The second kappa shape index (κ2) is 10.7. The molecular formula is C26H30FN7O. The molecule has 8 nitrogen and oxygen atoms in total. The number of hydrogen-bond acceptors (Lipinski definition) is 6. The third-order valence-corrected chi connectivity index (χ3v) is 6.52. The number of halogens is 1. The number of aromatic amines is 1. The number of likely N-dealkylation sites (tertiary alicyclic amines) is 1. The van der Waals surface area contributed by atoms with Crippen molar-refractivity contribution in [3.05, 3.63) is 77.9 Å². The fourth-order valence-electron chi connectivity index (χ4n) is 4.45. The normalized spacial score (nSPS) is 17.8. The second-order valence-corrected chi connectivity index (χ2v) is 8.91. The topological polar surface area (TPSA) is 139 Å². The molecule has 0 saturated carbocycles. The Morgan fingerprint density at radius 3 is 2.69 bits per heavy atom. The molecule has 35 heavy (non-hydrogen) atoms. The molecule has 1 aliphatic heterocycles. The average molecular weight is 476 g/mol. The molecule has 1 aliphatic rings. The number of aliphatic hydroxyl groups excluding tert-OH is 1. The zero-order valence-corrected chi connectivity index (χ0v) is 19.4. The number of hydrogen-bond donors (Lipinski definition) is 5. The van der Waals surface area contributed by atoms with Crippen molar-refractivity contribution >= 4 is 22.4 Å². The highest BCUT2D eigenvalue weighted by atomic mass is 19.1. The summed E-state index contributed by atoms with van der Waals surface area (Å²) < 4.78 is 13.2. The first-order valence-corrected chi connectivity index (χ1v) is 11.5. The molecule has 2 aromatic carbocycles. The van der Waals surface area contributed by atoms with Gasteiger partial charge < -0.3 is 26.9 Å². The summed E-state index contributed by atoms with van der Waals surface area (Å²) in [4.78, 5) is 9.93. The quantitative estimate of drug-likeness (QED) is 0.193. The monoisotopic (exact) mass is 475 g/mol. The van der Waals surface area contributed by atoms with Gasteiger partial charge in [0.15, 0.2) is 0 Å². The first-order valence-electron chi connectivity index (χ1n) is 11.5. The number of benzene rings is 2. The standard InChI is InChI=1S/C26H30FN7O/c27-20-4-6-21(7-5-20)33-24(29)22(25(30)35)16-32-26(9-12-28)10-14-34(15-11-26)17-19-3-1-2-18-8-13-31-23(18)19/h1-8,13,16,25,31-32,35H,9-11,14-15,17,30H2,(H2,29,33)/b22-16+. The number of nitrogens with zero attached hydrogens (tertiary/aromatic N) is 3. The van der Waals surface area contributed by atoms with Gasteiger partial charge in [0.1, 0.15) is 17.9 Å². The lowest BCUT2D eigenvalue weighted by molar-refractivity contribution is 0.141. The fraction of sp³-hybridized carbons (Fsp3) is 0.308. The molecule has 0 amide bonds. The molecule has 182 valence electrons. The fourth-order valence-corrected chi connectivity index (χ4v) is 4.45. The molecule has 1 aromatic heterocycles. The summed E-state index contributed by atoms with van der Waals surface area (Å²) >= 11 is 0. The van der Waals surface area contributed by atoms with Gasteiger partial charge in [0.2, 0.25) is 0 Å². The number of piperidine rings is 1. The summed E-state index contributed by atoms with van der Waals surface area (Å²) in [6.07, 6.45) is 3.91. The Balaban J connectivity index is 1.46. The smallest absolute Gasteiger partial charge is 0.133 e. The van der Waals surface area contributed by atoms with E-state index in [1.165, 1.54) is 35.2 Å². The zero-order chi connectivity index (χ0) is 24.8. The van der Waals surface area contributed by atoms with Crippen LogP contribution in [0.3, 0.4) is 0 Å². The number of nitriles is 1. The third kappa shape index (κ3) is 5.87.